The lowest BCUT2D eigenvalue weighted by Crippen LogP contribution is -2.41. The van der Waals surface area contributed by atoms with Crippen molar-refractivity contribution in [3.63, 3.8) is 0 Å². The van der Waals surface area contributed by atoms with E-state index >= 15 is 0 Å². The molecule has 0 saturated carbocycles. The highest BCUT2D eigenvalue weighted by Crippen LogP contribution is 2.50. The summed E-state index contributed by atoms with van der Waals surface area (Å²) >= 11 is 0. The van der Waals surface area contributed by atoms with Gasteiger partial charge in [-0.05, 0) is 12.8 Å². The molecule has 1 rings (SSSR count). The van der Waals surface area contributed by atoms with Crippen molar-refractivity contribution in [1.82, 2.24) is 9.80 Å². The van der Waals surface area contributed by atoms with E-state index in [0.717, 1.165) is 32.4 Å². The second-order valence-corrected chi connectivity index (χ2v) is 10.8. The molecule has 7 heteroatoms. The molecule has 0 amide bonds. The van der Waals surface area contributed by atoms with E-state index in [0.29, 0.717) is 0 Å². The average molecular weight is 475 g/mol. The SMILES string of the molecule is CCCCCCCCCCCCCCCCN1C=CN(CCCC)C1OP(=O)(OC)OC. The van der Waals surface area contributed by atoms with Gasteiger partial charge in [0, 0.05) is 39.7 Å². The van der Waals surface area contributed by atoms with Gasteiger partial charge in [-0.25, -0.2) is 9.09 Å². The van der Waals surface area contributed by atoms with Crippen LogP contribution < -0.4 is 0 Å². The summed E-state index contributed by atoms with van der Waals surface area (Å²) in [4.78, 5) is 4.19. The van der Waals surface area contributed by atoms with Crippen LogP contribution >= 0.6 is 7.82 Å². The lowest BCUT2D eigenvalue weighted by molar-refractivity contribution is -0.0501. The maximum atomic E-state index is 12.5. The molecule has 0 saturated heterocycles. The van der Waals surface area contributed by atoms with Gasteiger partial charge in [-0.1, -0.05) is 104 Å². The summed E-state index contributed by atoms with van der Waals surface area (Å²) in [5.41, 5.74) is 0. The number of hydrogen-bond donors (Lipinski definition) is 0. The minimum absolute atomic E-state index is 0.422. The normalized spacial score (nSPS) is 16.4. The highest BCUT2D eigenvalue weighted by molar-refractivity contribution is 7.48. The van der Waals surface area contributed by atoms with Crippen molar-refractivity contribution in [3.05, 3.63) is 12.4 Å². The Labute approximate surface area is 198 Å². The van der Waals surface area contributed by atoms with Crippen LogP contribution in [0.25, 0.3) is 0 Å². The standard InChI is InChI=1S/C25H51N2O4P/c1-5-7-9-10-11-12-13-14-15-16-17-18-19-20-22-27-24-23-26(21-8-6-2)25(27)31-32(28,29-3)30-4/h23-25H,5-22H2,1-4H3. The Hall–Kier alpha value is -0.550. The fourth-order valence-electron chi connectivity index (χ4n) is 4.11. The molecule has 1 heterocycles. The van der Waals surface area contributed by atoms with Crippen LogP contribution in [0.5, 0.6) is 0 Å². The van der Waals surface area contributed by atoms with Crippen LogP contribution in [-0.4, -0.2) is 43.5 Å². The van der Waals surface area contributed by atoms with Crippen molar-refractivity contribution in [2.75, 3.05) is 27.3 Å². The summed E-state index contributed by atoms with van der Waals surface area (Å²) in [5.74, 6) is 0. The minimum atomic E-state index is -3.53. The summed E-state index contributed by atoms with van der Waals surface area (Å²) in [5, 5.41) is 0. The van der Waals surface area contributed by atoms with Gasteiger partial charge in [-0.15, -0.1) is 0 Å². The maximum Gasteiger partial charge on any atom is 0.477 e. The Morgan fingerprint density at radius 2 is 1.00 bits per heavy atom. The Morgan fingerprint density at radius 1 is 0.625 bits per heavy atom. The lowest BCUT2D eigenvalue weighted by Gasteiger charge is -2.33. The molecule has 1 aliphatic heterocycles. The molecule has 190 valence electrons. The first kappa shape index (κ1) is 29.5. The zero-order valence-corrected chi connectivity index (χ0v) is 22.3. The van der Waals surface area contributed by atoms with Crippen LogP contribution in [0, 0.1) is 0 Å². The first-order valence-corrected chi connectivity index (χ1v) is 14.7. The summed E-state index contributed by atoms with van der Waals surface area (Å²) in [6, 6.07) is 0. The Balaban J connectivity index is 2.16. The van der Waals surface area contributed by atoms with Crippen molar-refractivity contribution < 1.29 is 18.1 Å². The van der Waals surface area contributed by atoms with E-state index in [1.54, 1.807) is 0 Å². The second kappa shape index (κ2) is 18.8. The average Bonchev–Trinajstić information content (AvgIpc) is 3.18. The molecule has 0 aromatic carbocycles. The molecule has 32 heavy (non-hydrogen) atoms. The third-order valence-corrected chi connectivity index (χ3v) is 7.57. The summed E-state index contributed by atoms with van der Waals surface area (Å²) < 4.78 is 28.3. The molecule has 0 aliphatic carbocycles. The van der Waals surface area contributed by atoms with Crippen molar-refractivity contribution in [2.45, 2.75) is 123 Å². The predicted molar refractivity (Wildman–Crippen MR) is 134 cm³/mol. The van der Waals surface area contributed by atoms with E-state index in [1.165, 1.54) is 97.7 Å². The van der Waals surface area contributed by atoms with Gasteiger partial charge in [0.2, 0.25) is 6.35 Å². The van der Waals surface area contributed by atoms with E-state index in [-0.39, 0.29) is 0 Å². The largest absolute Gasteiger partial charge is 0.477 e. The Morgan fingerprint density at radius 3 is 1.41 bits per heavy atom. The maximum absolute atomic E-state index is 12.5. The van der Waals surface area contributed by atoms with Crippen LogP contribution in [-0.2, 0) is 18.1 Å². The van der Waals surface area contributed by atoms with Gasteiger partial charge in [-0.3, -0.25) is 9.05 Å². The van der Waals surface area contributed by atoms with Crippen LogP contribution in [0.15, 0.2) is 12.4 Å². The molecule has 6 nitrogen and oxygen atoms in total. The molecule has 1 aliphatic rings. The third-order valence-electron chi connectivity index (χ3n) is 6.23. The number of phosphoric acid groups is 1. The van der Waals surface area contributed by atoms with Gasteiger partial charge >= 0.3 is 7.82 Å². The van der Waals surface area contributed by atoms with E-state index in [1.807, 2.05) is 12.4 Å². The fraction of sp³-hybridized carbons (Fsp3) is 0.920. The van der Waals surface area contributed by atoms with E-state index in [9.17, 15) is 4.57 Å². The van der Waals surface area contributed by atoms with Crippen LogP contribution in [0.1, 0.15) is 117 Å². The summed E-state index contributed by atoms with van der Waals surface area (Å²) in [6.07, 6.45) is 24.7. The van der Waals surface area contributed by atoms with E-state index in [4.69, 9.17) is 13.6 Å². The van der Waals surface area contributed by atoms with Gasteiger partial charge in [0.15, 0.2) is 0 Å². The number of nitrogens with zero attached hydrogens (tertiary/aromatic N) is 2. The molecule has 1 atom stereocenters. The molecule has 0 fully saturated rings. The van der Waals surface area contributed by atoms with Gasteiger partial charge in [0.05, 0.1) is 0 Å². The molecule has 0 bridgehead atoms. The predicted octanol–water partition coefficient (Wildman–Crippen LogP) is 8.06. The molecule has 0 aromatic heterocycles. The van der Waals surface area contributed by atoms with E-state index in [2.05, 4.69) is 23.6 Å². The molecular formula is C25H51N2O4P. The highest BCUT2D eigenvalue weighted by Gasteiger charge is 2.35. The topological polar surface area (TPSA) is 51.2 Å². The first-order chi connectivity index (χ1) is 15.6. The van der Waals surface area contributed by atoms with Crippen LogP contribution in [0.2, 0.25) is 0 Å². The Kier molecular flexibility index (Phi) is 17.3. The van der Waals surface area contributed by atoms with Crippen molar-refractivity contribution in [2.24, 2.45) is 0 Å². The zero-order valence-electron chi connectivity index (χ0n) is 21.4. The van der Waals surface area contributed by atoms with E-state index < -0.39 is 14.2 Å². The molecule has 0 N–H and O–H groups in total. The number of rotatable bonds is 22. The first-order valence-electron chi connectivity index (χ1n) is 13.2. The molecule has 0 aromatic rings. The van der Waals surface area contributed by atoms with Gasteiger partial charge in [0.1, 0.15) is 0 Å². The molecule has 0 spiro atoms. The molecule has 1 unspecified atom stereocenters. The highest BCUT2D eigenvalue weighted by atomic mass is 31.2. The molecular weight excluding hydrogens is 423 g/mol. The van der Waals surface area contributed by atoms with Crippen molar-refractivity contribution in [1.29, 1.82) is 0 Å². The van der Waals surface area contributed by atoms with Crippen molar-refractivity contribution >= 4 is 7.82 Å². The van der Waals surface area contributed by atoms with Crippen LogP contribution in [0.3, 0.4) is 0 Å². The number of unbranched alkanes of at least 4 members (excludes halogenated alkanes) is 14. The monoisotopic (exact) mass is 474 g/mol. The summed E-state index contributed by atoms with van der Waals surface area (Å²) in [6.45, 7) is 6.19. The second-order valence-electron chi connectivity index (χ2n) is 8.97. The zero-order chi connectivity index (χ0) is 23.5. The van der Waals surface area contributed by atoms with Gasteiger partial charge in [-0.2, -0.15) is 0 Å². The van der Waals surface area contributed by atoms with Crippen LogP contribution in [0.4, 0.5) is 0 Å². The van der Waals surface area contributed by atoms with Gasteiger partial charge < -0.3 is 9.80 Å². The Bertz CT molecular complexity index is 510. The van der Waals surface area contributed by atoms with Gasteiger partial charge in [0.25, 0.3) is 0 Å². The lowest BCUT2D eigenvalue weighted by atomic mass is 10.0. The third kappa shape index (κ3) is 12.6. The quantitative estimate of drug-likeness (QED) is 0.117. The van der Waals surface area contributed by atoms with Crippen molar-refractivity contribution in [3.8, 4) is 0 Å². The number of phosphoric ester groups is 1. The minimum Gasteiger partial charge on any atom is -0.334 e. The molecule has 0 radical (unpaired) electrons. The fourth-order valence-corrected chi connectivity index (χ4v) is 4.90. The summed E-state index contributed by atoms with van der Waals surface area (Å²) in [7, 11) is -0.810. The number of hydrogen-bond acceptors (Lipinski definition) is 6. The smallest absolute Gasteiger partial charge is 0.334 e.